The molecule has 0 aliphatic heterocycles. The van der Waals surface area contributed by atoms with Crippen molar-refractivity contribution in [3.63, 3.8) is 0 Å². The molecule has 0 aliphatic carbocycles. The molecule has 1 atom stereocenters. The van der Waals surface area contributed by atoms with Gasteiger partial charge >= 0.3 is 29.6 Å². The van der Waals surface area contributed by atoms with Crippen molar-refractivity contribution < 1.29 is 42.2 Å². The van der Waals surface area contributed by atoms with Crippen molar-refractivity contribution in [1.82, 2.24) is 0 Å². The Morgan fingerprint density at radius 1 is 0.857 bits per heavy atom. The number of hydrogen-bond donors (Lipinski definition) is 0. The molecule has 21 heavy (non-hydrogen) atoms. The first-order chi connectivity index (χ1) is 9.31. The Morgan fingerprint density at radius 2 is 1.38 bits per heavy atom. The maximum absolute atomic E-state index is 12.4. The molecule has 0 bridgehead atoms. The molecule has 0 heterocycles. The second kappa shape index (κ2) is 7.07. The quantitative estimate of drug-likeness (QED) is 0.588. The largest absolute Gasteiger partial charge is 1.00 e. The average Bonchev–Trinajstić information content (AvgIpc) is 2.39. The normalized spacial score (nSPS) is 13.8. The van der Waals surface area contributed by atoms with E-state index in [1.807, 2.05) is 6.92 Å². The van der Waals surface area contributed by atoms with Gasteiger partial charge in [0.1, 0.15) is 0 Å². The van der Waals surface area contributed by atoms with Gasteiger partial charge in [0, 0.05) is 4.90 Å². The van der Waals surface area contributed by atoms with Crippen molar-refractivity contribution in [3.8, 4) is 0 Å². The number of hydrogen-bond acceptors (Lipinski definition) is 3. The van der Waals surface area contributed by atoms with Gasteiger partial charge in [0.25, 0.3) is 10.0 Å². The molecular weight excluding hydrogens is 317 g/mol. The van der Waals surface area contributed by atoms with E-state index in [0.717, 1.165) is 5.56 Å². The fraction of sp³-hybridized carbons (Fsp3) is 0.0714. The van der Waals surface area contributed by atoms with Crippen LogP contribution in [0.15, 0.2) is 68.2 Å². The molecule has 0 radical (unpaired) electrons. The summed E-state index contributed by atoms with van der Waals surface area (Å²) in [6.07, 6.45) is 3.45. The summed E-state index contributed by atoms with van der Waals surface area (Å²) in [7, 11) is -7.24. The standard InChI is InChI=1S/C14H14NO3S2.Na/c1-12-8-10-14(11-9-12)20(17,18)15-19(2,16)13-6-4-3-5-7-13;/h3-11H,2H2,1H3;/q-1;+1. The van der Waals surface area contributed by atoms with Gasteiger partial charge in [-0.05, 0) is 40.9 Å². The summed E-state index contributed by atoms with van der Waals surface area (Å²) in [6.45, 7) is 1.85. The minimum Gasteiger partial charge on any atom is -0.277 e. The van der Waals surface area contributed by atoms with Crippen LogP contribution in [0.2, 0.25) is 0 Å². The fourth-order valence-electron chi connectivity index (χ4n) is 1.59. The van der Waals surface area contributed by atoms with Crippen LogP contribution in [-0.4, -0.2) is 12.6 Å². The van der Waals surface area contributed by atoms with E-state index in [2.05, 4.69) is 10.0 Å². The topological polar surface area (TPSA) is 63.6 Å². The van der Waals surface area contributed by atoms with E-state index in [-0.39, 0.29) is 39.3 Å². The van der Waals surface area contributed by atoms with Crippen LogP contribution in [0.4, 0.5) is 0 Å². The van der Waals surface area contributed by atoms with Gasteiger partial charge in [-0.1, -0.05) is 35.9 Å². The molecule has 7 heteroatoms. The molecule has 1 unspecified atom stereocenters. The number of sulfonamides is 1. The molecule has 0 aromatic heterocycles. The summed E-state index contributed by atoms with van der Waals surface area (Å²) in [6, 6.07) is 14.4. The number of rotatable bonds is 3. The third-order valence-electron chi connectivity index (χ3n) is 2.65. The molecule has 2 aromatic rings. The zero-order valence-corrected chi connectivity index (χ0v) is 15.5. The molecular formula is C14H14NNaO3S2. The Bertz CT molecular complexity index is 822. The Hall–Kier alpha value is -0.660. The van der Waals surface area contributed by atoms with E-state index in [1.165, 1.54) is 12.1 Å². The van der Waals surface area contributed by atoms with Gasteiger partial charge in [-0.2, -0.15) is 8.42 Å². The van der Waals surface area contributed by atoms with Crippen LogP contribution in [-0.2, 0) is 19.8 Å². The van der Waals surface area contributed by atoms with Gasteiger partial charge in [-0.15, -0.1) is 3.77 Å². The van der Waals surface area contributed by atoms with Crippen molar-refractivity contribution in [2.75, 3.05) is 0 Å². The van der Waals surface area contributed by atoms with Crippen LogP contribution in [0.5, 0.6) is 0 Å². The monoisotopic (exact) mass is 331 g/mol. The van der Waals surface area contributed by atoms with E-state index in [0.29, 0.717) is 0 Å². The molecule has 0 amide bonds. The van der Waals surface area contributed by atoms with Gasteiger partial charge in [0.15, 0.2) is 0 Å². The summed E-state index contributed by atoms with van der Waals surface area (Å²) in [5.41, 5.74) is 0.933. The van der Waals surface area contributed by atoms with Crippen LogP contribution >= 0.6 is 0 Å². The molecule has 2 aromatic carbocycles. The number of nitrogens with zero attached hydrogens (tertiary/aromatic N) is 1. The van der Waals surface area contributed by atoms with E-state index in [4.69, 9.17) is 0 Å². The first kappa shape index (κ1) is 18.4. The van der Waals surface area contributed by atoms with Gasteiger partial charge in [0.2, 0.25) is 0 Å². The Balaban J connectivity index is 0.00000220. The Kier molecular flexibility index (Phi) is 6.19. The molecule has 106 valence electrons. The first-order valence-corrected chi connectivity index (χ1v) is 8.92. The smallest absolute Gasteiger partial charge is 0.277 e. The third kappa shape index (κ3) is 4.66. The van der Waals surface area contributed by atoms with E-state index >= 15 is 0 Å². The third-order valence-corrected chi connectivity index (χ3v) is 6.27. The second-order valence-electron chi connectivity index (χ2n) is 4.32. The van der Waals surface area contributed by atoms with Crippen LogP contribution in [0.1, 0.15) is 5.56 Å². The summed E-state index contributed by atoms with van der Waals surface area (Å²) in [5, 5.41) is 0. The summed E-state index contributed by atoms with van der Waals surface area (Å²) in [5.74, 6) is 0. The Labute approximate surface area is 148 Å². The second-order valence-corrected chi connectivity index (χ2v) is 8.09. The SMILES string of the molecule is [CH2-]S(=O)(=NS(=O)(=O)c1ccc(C)cc1)c1ccccc1.[Na+]. The average molecular weight is 331 g/mol. The molecule has 0 saturated heterocycles. The van der Waals surface area contributed by atoms with Crippen LogP contribution in [0.3, 0.4) is 0 Å². The van der Waals surface area contributed by atoms with Crippen LogP contribution < -0.4 is 29.6 Å². The van der Waals surface area contributed by atoms with Crippen molar-refractivity contribution in [3.05, 3.63) is 66.4 Å². The zero-order chi connectivity index (χ0) is 14.8. The van der Waals surface area contributed by atoms with Gasteiger partial charge in [-0.3, -0.25) is 4.21 Å². The summed E-state index contributed by atoms with van der Waals surface area (Å²) >= 11 is 0. The van der Waals surface area contributed by atoms with Crippen molar-refractivity contribution in [2.24, 2.45) is 3.77 Å². The maximum Gasteiger partial charge on any atom is 1.00 e. The maximum atomic E-state index is 12.4. The van der Waals surface area contributed by atoms with E-state index < -0.39 is 19.8 Å². The van der Waals surface area contributed by atoms with Crippen molar-refractivity contribution in [1.29, 1.82) is 0 Å². The molecule has 0 spiro atoms. The zero-order valence-electron chi connectivity index (χ0n) is 11.9. The number of benzene rings is 2. The van der Waals surface area contributed by atoms with Gasteiger partial charge in [0.05, 0.1) is 4.90 Å². The fourth-order valence-corrected chi connectivity index (χ4v) is 4.61. The molecule has 0 aliphatic rings. The number of aryl methyl sites for hydroxylation is 1. The van der Waals surface area contributed by atoms with Gasteiger partial charge < -0.3 is 0 Å². The molecule has 0 saturated carbocycles. The molecule has 4 nitrogen and oxygen atoms in total. The summed E-state index contributed by atoms with van der Waals surface area (Å²) < 4.78 is 40.2. The molecule has 0 N–H and O–H groups in total. The molecule has 2 rings (SSSR count). The predicted molar refractivity (Wildman–Crippen MR) is 79.0 cm³/mol. The predicted octanol–water partition coefficient (Wildman–Crippen LogP) is 0.00641. The van der Waals surface area contributed by atoms with Crippen LogP contribution in [0, 0.1) is 13.2 Å². The van der Waals surface area contributed by atoms with Crippen LogP contribution in [0.25, 0.3) is 0 Å². The first-order valence-electron chi connectivity index (χ1n) is 5.79. The van der Waals surface area contributed by atoms with E-state index in [1.54, 1.807) is 42.5 Å². The minimum atomic E-state index is -4.00. The van der Waals surface area contributed by atoms with Crippen molar-refractivity contribution >= 4 is 19.8 Å². The summed E-state index contributed by atoms with van der Waals surface area (Å²) in [4.78, 5) is 0.297. The molecule has 0 fully saturated rings. The van der Waals surface area contributed by atoms with Gasteiger partial charge in [-0.25, -0.2) is 6.26 Å². The van der Waals surface area contributed by atoms with Crippen molar-refractivity contribution in [2.45, 2.75) is 16.7 Å². The van der Waals surface area contributed by atoms with E-state index in [9.17, 15) is 12.6 Å². The Morgan fingerprint density at radius 3 is 1.90 bits per heavy atom. The minimum absolute atomic E-state index is 0.